The third-order valence-corrected chi connectivity index (χ3v) is 8.35. The molecule has 0 atom stereocenters. The molecule has 0 saturated heterocycles. The highest BCUT2D eigenvalue weighted by molar-refractivity contribution is 5.80. The molecule has 5 aromatic carbocycles. The molecule has 2 aromatic heterocycles. The van der Waals surface area contributed by atoms with Crippen LogP contribution in [-0.2, 0) is 5.41 Å². The highest BCUT2D eigenvalue weighted by Gasteiger charge is 2.46. The highest BCUT2D eigenvalue weighted by atomic mass is 16.5. The Morgan fingerprint density at radius 1 is 0.409 bits per heavy atom. The van der Waals surface area contributed by atoms with Crippen LogP contribution in [0, 0.1) is 0 Å². The predicted molar refractivity (Wildman–Crippen MR) is 175 cm³/mol. The van der Waals surface area contributed by atoms with Gasteiger partial charge in [-0.05, 0) is 47.5 Å². The van der Waals surface area contributed by atoms with E-state index in [0.717, 1.165) is 67.7 Å². The molecule has 0 amide bonds. The normalized spacial score (nSPS) is 12.9. The maximum absolute atomic E-state index is 6.66. The fourth-order valence-corrected chi connectivity index (χ4v) is 6.44. The maximum atomic E-state index is 6.66. The van der Waals surface area contributed by atoms with E-state index < -0.39 is 5.41 Å². The minimum atomic E-state index is -0.641. The first kappa shape index (κ1) is 25.8. The second-order valence-electron chi connectivity index (χ2n) is 10.8. The maximum Gasteiger partial charge on any atom is 0.132 e. The average molecular weight is 566 g/mol. The first-order chi connectivity index (χ1) is 21.8. The van der Waals surface area contributed by atoms with Gasteiger partial charge in [0.05, 0.1) is 22.5 Å². The van der Waals surface area contributed by atoms with Gasteiger partial charge in [0, 0.05) is 22.3 Å². The molecule has 1 aliphatic heterocycles. The molecule has 4 nitrogen and oxygen atoms in total. The largest absolute Gasteiger partial charge is 0.457 e. The lowest BCUT2D eigenvalue weighted by Gasteiger charge is -2.42. The zero-order valence-electron chi connectivity index (χ0n) is 23.8. The number of ether oxygens (including phenoxy) is 1. The van der Waals surface area contributed by atoms with Gasteiger partial charge in [-0.3, -0.25) is 0 Å². The van der Waals surface area contributed by atoms with Crippen LogP contribution in [-0.4, -0.2) is 15.2 Å². The monoisotopic (exact) mass is 565 g/mol. The van der Waals surface area contributed by atoms with E-state index in [9.17, 15) is 0 Å². The summed E-state index contributed by atoms with van der Waals surface area (Å²) in [7, 11) is 0. The molecule has 0 bridgehead atoms. The van der Waals surface area contributed by atoms with Gasteiger partial charge in [0.2, 0.25) is 0 Å². The van der Waals surface area contributed by atoms with Crippen molar-refractivity contribution in [2.45, 2.75) is 5.41 Å². The summed E-state index contributed by atoms with van der Waals surface area (Å²) in [6.45, 7) is 0. The Balaban J connectivity index is 1.34. The zero-order valence-corrected chi connectivity index (χ0v) is 23.8. The van der Waals surface area contributed by atoms with Crippen LogP contribution in [0.15, 0.2) is 164 Å². The first-order valence-corrected chi connectivity index (χ1v) is 14.7. The minimum absolute atomic E-state index is 0.641. The molecule has 0 saturated carbocycles. The van der Waals surface area contributed by atoms with Crippen LogP contribution >= 0.6 is 0 Å². The molecule has 0 unspecified atom stereocenters. The molecule has 0 spiro atoms. The lowest BCUT2D eigenvalue weighted by molar-refractivity contribution is 0.435. The average Bonchev–Trinajstić information content (AvgIpc) is 3.11. The number of rotatable bonds is 5. The van der Waals surface area contributed by atoms with E-state index in [2.05, 4.69) is 107 Å². The lowest BCUT2D eigenvalue weighted by atomic mass is 9.62. The molecular weight excluding hydrogens is 538 g/mol. The van der Waals surface area contributed by atoms with E-state index in [0.29, 0.717) is 0 Å². The van der Waals surface area contributed by atoms with Crippen LogP contribution in [0.4, 0.5) is 0 Å². The van der Waals surface area contributed by atoms with Crippen LogP contribution in [0.1, 0.15) is 22.3 Å². The van der Waals surface area contributed by atoms with Crippen LogP contribution in [0.25, 0.3) is 33.9 Å². The molecule has 8 rings (SSSR count). The number of aromatic nitrogens is 3. The van der Waals surface area contributed by atoms with Crippen LogP contribution in [0.5, 0.6) is 11.5 Å². The van der Waals surface area contributed by atoms with Gasteiger partial charge in [0.15, 0.2) is 0 Å². The van der Waals surface area contributed by atoms with E-state index in [-0.39, 0.29) is 0 Å². The minimum Gasteiger partial charge on any atom is -0.457 e. The zero-order chi connectivity index (χ0) is 29.3. The van der Waals surface area contributed by atoms with E-state index in [1.165, 1.54) is 0 Å². The van der Waals surface area contributed by atoms with Crippen molar-refractivity contribution in [1.29, 1.82) is 0 Å². The number of para-hydroxylation sites is 1. The van der Waals surface area contributed by atoms with Crippen molar-refractivity contribution in [2.75, 3.05) is 0 Å². The Morgan fingerprint density at radius 3 is 1.68 bits per heavy atom. The molecule has 0 N–H and O–H groups in total. The molecule has 44 heavy (non-hydrogen) atoms. The van der Waals surface area contributed by atoms with Gasteiger partial charge < -0.3 is 4.74 Å². The molecular formula is C40H27N3O. The van der Waals surface area contributed by atoms with Crippen LogP contribution in [0.3, 0.4) is 0 Å². The topological polar surface area (TPSA) is 47.9 Å². The Morgan fingerprint density at radius 2 is 0.977 bits per heavy atom. The lowest BCUT2D eigenvalue weighted by Crippen LogP contribution is -2.34. The molecule has 7 aromatic rings. The van der Waals surface area contributed by atoms with Crippen LogP contribution in [0.2, 0.25) is 0 Å². The fraction of sp³-hybridized carbons (Fsp3) is 0.0250. The van der Waals surface area contributed by atoms with Gasteiger partial charge in [0.25, 0.3) is 0 Å². The number of fused-ring (bicyclic) bond motifs is 2. The fourth-order valence-electron chi connectivity index (χ4n) is 6.44. The second kappa shape index (κ2) is 10.8. The molecule has 0 radical (unpaired) electrons. The summed E-state index contributed by atoms with van der Waals surface area (Å²) >= 11 is 0. The Labute approximate surface area is 256 Å². The smallest absolute Gasteiger partial charge is 0.132 e. The Bertz CT molecular complexity index is 2040. The second-order valence-corrected chi connectivity index (χ2v) is 10.8. The van der Waals surface area contributed by atoms with Crippen molar-refractivity contribution in [3.05, 3.63) is 186 Å². The number of hydrogen-bond donors (Lipinski definition) is 0. The van der Waals surface area contributed by atoms with E-state index in [1.807, 2.05) is 66.7 Å². The molecule has 208 valence electrons. The number of hydrogen-bond acceptors (Lipinski definition) is 4. The molecule has 0 aliphatic carbocycles. The third kappa shape index (κ3) is 4.19. The van der Waals surface area contributed by atoms with Crippen molar-refractivity contribution < 1.29 is 4.74 Å². The van der Waals surface area contributed by atoms with Gasteiger partial charge >= 0.3 is 0 Å². The van der Waals surface area contributed by atoms with Gasteiger partial charge in [-0.2, -0.15) is 0 Å². The van der Waals surface area contributed by atoms with Gasteiger partial charge in [0.1, 0.15) is 17.2 Å². The Kier molecular flexibility index (Phi) is 6.31. The molecule has 3 heterocycles. The summed E-state index contributed by atoms with van der Waals surface area (Å²) in [5.41, 5.74) is 9.01. The van der Waals surface area contributed by atoms with Crippen molar-refractivity contribution in [3.8, 4) is 45.4 Å². The summed E-state index contributed by atoms with van der Waals surface area (Å²) < 4.78 is 6.66. The van der Waals surface area contributed by atoms with E-state index in [1.54, 1.807) is 0 Å². The van der Waals surface area contributed by atoms with Gasteiger partial charge in [-0.15, -0.1) is 10.2 Å². The summed E-state index contributed by atoms with van der Waals surface area (Å²) in [4.78, 5) is 5.17. The summed E-state index contributed by atoms with van der Waals surface area (Å²) in [5, 5.41) is 9.08. The van der Waals surface area contributed by atoms with Gasteiger partial charge in [-0.25, -0.2) is 4.98 Å². The van der Waals surface area contributed by atoms with Crippen LogP contribution < -0.4 is 4.74 Å². The first-order valence-electron chi connectivity index (χ1n) is 14.7. The Hall–Kier alpha value is -5.87. The van der Waals surface area contributed by atoms with Crippen molar-refractivity contribution in [3.63, 3.8) is 0 Å². The van der Waals surface area contributed by atoms with Crippen molar-refractivity contribution in [1.82, 2.24) is 15.2 Å². The van der Waals surface area contributed by atoms with E-state index in [4.69, 9.17) is 9.72 Å². The van der Waals surface area contributed by atoms with Crippen molar-refractivity contribution in [2.24, 2.45) is 0 Å². The SMILES string of the molecule is c1ccc(-c2ccc(-c3cccc(-c4cccc5c4C(c4ccccc4)(c4ccccc4)c4ccccc4O5)n3)nn2)cc1. The number of nitrogens with zero attached hydrogens (tertiary/aromatic N) is 3. The van der Waals surface area contributed by atoms with Gasteiger partial charge in [-0.1, -0.05) is 127 Å². The summed E-state index contributed by atoms with van der Waals surface area (Å²) in [6.07, 6.45) is 0. The molecule has 1 aliphatic rings. The quantitative estimate of drug-likeness (QED) is 0.209. The number of pyridine rings is 1. The van der Waals surface area contributed by atoms with Crippen molar-refractivity contribution >= 4 is 0 Å². The standard InChI is InChI=1S/C40H27N3O/c1-4-14-28(15-5-1)33-26-27-36(43-42-33)35-23-13-22-34(41-35)31-20-12-25-38-39(31)40(29-16-6-2-7-17-29,30-18-8-3-9-19-30)32-21-10-11-24-37(32)44-38/h1-27H. The predicted octanol–water partition coefficient (Wildman–Crippen LogP) is 9.36. The van der Waals surface area contributed by atoms with E-state index >= 15 is 0 Å². The molecule has 0 fully saturated rings. The summed E-state index contributed by atoms with van der Waals surface area (Å²) in [6, 6.07) is 56.2. The third-order valence-electron chi connectivity index (χ3n) is 8.35. The summed E-state index contributed by atoms with van der Waals surface area (Å²) in [5.74, 6) is 1.66. The molecule has 4 heteroatoms. The highest BCUT2D eigenvalue weighted by Crippen LogP contribution is 2.57. The number of benzene rings is 5.